The van der Waals surface area contributed by atoms with Crippen LogP contribution in [0.5, 0.6) is 0 Å². The van der Waals surface area contributed by atoms with Gasteiger partial charge < -0.3 is 5.32 Å². The van der Waals surface area contributed by atoms with Crippen LogP contribution in [-0.4, -0.2) is 21.0 Å². The molecule has 1 N–H and O–H groups in total. The van der Waals surface area contributed by atoms with Crippen molar-refractivity contribution in [1.82, 2.24) is 9.38 Å². The predicted octanol–water partition coefficient (Wildman–Crippen LogP) is 4.33. The van der Waals surface area contributed by atoms with Crippen LogP contribution < -0.4 is 10.9 Å². The van der Waals surface area contributed by atoms with Crippen molar-refractivity contribution in [1.29, 1.82) is 0 Å². The Labute approximate surface area is 166 Å². The maximum Gasteiger partial charge on any atom is 0.258 e. The lowest BCUT2D eigenvalue weighted by Crippen LogP contribution is -2.15. The van der Waals surface area contributed by atoms with E-state index >= 15 is 0 Å². The van der Waals surface area contributed by atoms with Crippen LogP contribution in [0.1, 0.15) is 35.4 Å². The van der Waals surface area contributed by atoms with Crippen LogP contribution in [0.3, 0.4) is 0 Å². The maximum atomic E-state index is 12.2. The van der Waals surface area contributed by atoms with Crippen LogP contribution in [0.2, 0.25) is 0 Å². The number of thioether (sulfide) groups is 1. The van der Waals surface area contributed by atoms with Gasteiger partial charge in [-0.15, -0.1) is 11.3 Å². The second-order valence-corrected chi connectivity index (χ2v) is 8.49. The summed E-state index contributed by atoms with van der Waals surface area (Å²) in [4.78, 5) is 29.6. The zero-order chi connectivity index (χ0) is 19.4. The Bertz CT molecular complexity index is 1000. The molecule has 0 saturated heterocycles. The molecule has 142 valence electrons. The van der Waals surface area contributed by atoms with Crippen molar-refractivity contribution in [3.63, 3.8) is 0 Å². The van der Waals surface area contributed by atoms with Gasteiger partial charge in [-0.3, -0.25) is 14.0 Å². The molecule has 0 aliphatic heterocycles. The third-order valence-electron chi connectivity index (χ3n) is 4.32. The summed E-state index contributed by atoms with van der Waals surface area (Å²) in [5.41, 5.74) is 4.76. The predicted molar refractivity (Wildman–Crippen MR) is 114 cm³/mol. The quantitative estimate of drug-likeness (QED) is 0.599. The van der Waals surface area contributed by atoms with E-state index in [1.54, 1.807) is 22.2 Å². The SMILES string of the molecule is Cc1cccc(C)c1NC(=O)CCCSCc1cc(=O)n2c(C)csc2n1. The van der Waals surface area contributed by atoms with Crippen LogP contribution >= 0.6 is 23.1 Å². The average Bonchev–Trinajstić information content (AvgIpc) is 2.99. The number of fused-ring (bicyclic) bond motifs is 1. The summed E-state index contributed by atoms with van der Waals surface area (Å²) in [6.45, 7) is 5.91. The van der Waals surface area contributed by atoms with E-state index in [9.17, 15) is 9.59 Å². The van der Waals surface area contributed by atoms with E-state index in [1.807, 2.05) is 44.4 Å². The van der Waals surface area contributed by atoms with Gasteiger partial charge in [0.1, 0.15) is 0 Å². The molecule has 0 fully saturated rings. The van der Waals surface area contributed by atoms with E-state index in [0.717, 1.165) is 45.3 Å². The van der Waals surface area contributed by atoms with E-state index in [2.05, 4.69) is 10.3 Å². The summed E-state index contributed by atoms with van der Waals surface area (Å²) >= 11 is 3.18. The lowest BCUT2D eigenvalue weighted by atomic mass is 10.1. The molecule has 1 aromatic carbocycles. The van der Waals surface area contributed by atoms with E-state index in [-0.39, 0.29) is 11.5 Å². The Morgan fingerprint density at radius 3 is 2.74 bits per heavy atom. The highest BCUT2D eigenvalue weighted by Crippen LogP contribution is 2.20. The van der Waals surface area contributed by atoms with Crippen molar-refractivity contribution in [2.45, 2.75) is 39.4 Å². The molecule has 0 aliphatic carbocycles. The maximum absolute atomic E-state index is 12.2. The van der Waals surface area contributed by atoms with Gasteiger partial charge in [0.2, 0.25) is 5.91 Å². The minimum Gasteiger partial charge on any atom is -0.326 e. The second-order valence-electron chi connectivity index (χ2n) is 6.55. The first-order valence-electron chi connectivity index (χ1n) is 8.86. The number of amides is 1. The second kappa shape index (κ2) is 8.71. The minimum absolute atomic E-state index is 0.0256. The first-order valence-corrected chi connectivity index (χ1v) is 10.9. The molecule has 0 aliphatic rings. The number of carbonyl (C=O) groups excluding carboxylic acids is 1. The Hall–Kier alpha value is -2.12. The monoisotopic (exact) mass is 401 g/mol. The molecule has 0 bridgehead atoms. The normalized spacial score (nSPS) is 11.1. The number of nitrogens with one attached hydrogen (secondary N) is 1. The highest BCUT2D eigenvalue weighted by Gasteiger charge is 2.08. The number of hydrogen-bond acceptors (Lipinski definition) is 5. The summed E-state index contributed by atoms with van der Waals surface area (Å²) in [6, 6.07) is 7.60. The Morgan fingerprint density at radius 1 is 1.26 bits per heavy atom. The number of para-hydroxylation sites is 1. The van der Waals surface area contributed by atoms with E-state index < -0.39 is 0 Å². The van der Waals surface area contributed by atoms with Crippen molar-refractivity contribution in [2.75, 3.05) is 11.1 Å². The van der Waals surface area contributed by atoms with Gasteiger partial charge in [0, 0.05) is 35.0 Å². The topological polar surface area (TPSA) is 63.5 Å². The van der Waals surface area contributed by atoms with Gasteiger partial charge in [-0.05, 0) is 44.1 Å². The molecule has 3 aromatic rings. The molecular weight excluding hydrogens is 378 g/mol. The molecule has 2 aromatic heterocycles. The largest absolute Gasteiger partial charge is 0.326 e. The molecular formula is C20H23N3O2S2. The zero-order valence-electron chi connectivity index (χ0n) is 15.7. The molecule has 1 amide bonds. The van der Waals surface area contributed by atoms with Crippen molar-refractivity contribution < 1.29 is 4.79 Å². The van der Waals surface area contributed by atoms with E-state index in [1.165, 1.54) is 11.3 Å². The summed E-state index contributed by atoms with van der Waals surface area (Å²) in [7, 11) is 0. The number of thiazole rings is 1. The van der Waals surface area contributed by atoms with Crippen molar-refractivity contribution in [2.24, 2.45) is 0 Å². The highest BCUT2D eigenvalue weighted by molar-refractivity contribution is 7.98. The standard InChI is InChI=1S/C20H23N3O2S2/c1-13-6-4-7-14(2)19(13)22-17(24)8-5-9-26-12-16-10-18(25)23-15(3)11-27-20(23)21-16/h4,6-7,10-11H,5,8-9,12H2,1-3H3,(H,22,24). The molecule has 0 radical (unpaired) electrons. The number of nitrogens with zero attached hydrogens (tertiary/aromatic N) is 2. The van der Waals surface area contributed by atoms with Crippen LogP contribution in [0, 0.1) is 20.8 Å². The van der Waals surface area contributed by atoms with Crippen molar-refractivity contribution >= 4 is 39.7 Å². The Balaban J connectivity index is 1.45. The number of rotatable bonds is 7. The summed E-state index contributed by atoms with van der Waals surface area (Å²) in [5.74, 6) is 1.58. The fourth-order valence-electron chi connectivity index (χ4n) is 2.90. The van der Waals surface area contributed by atoms with Crippen molar-refractivity contribution in [3.05, 3.63) is 62.5 Å². The van der Waals surface area contributed by atoms with Gasteiger partial charge in [0.05, 0.1) is 5.69 Å². The number of benzene rings is 1. The summed E-state index contributed by atoms with van der Waals surface area (Å²) < 4.78 is 1.64. The lowest BCUT2D eigenvalue weighted by molar-refractivity contribution is -0.116. The number of aryl methyl sites for hydroxylation is 3. The van der Waals surface area contributed by atoms with Gasteiger partial charge in [-0.25, -0.2) is 4.98 Å². The third-order valence-corrected chi connectivity index (χ3v) is 6.34. The number of aromatic nitrogens is 2. The van der Waals surface area contributed by atoms with E-state index in [4.69, 9.17) is 0 Å². The van der Waals surface area contributed by atoms with Gasteiger partial charge >= 0.3 is 0 Å². The molecule has 0 saturated carbocycles. The Morgan fingerprint density at radius 2 is 2.00 bits per heavy atom. The molecule has 5 nitrogen and oxygen atoms in total. The minimum atomic E-state index is -0.0256. The molecule has 0 spiro atoms. The molecule has 0 atom stereocenters. The fraction of sp³-hybridized carbons (Fsp3) is 0.350. The van der Waals surface area contributed by atoms with Crippen LogP contribution in [-0.2, 0) is 10.5 Å². The molecule has 27 heavy (non-hydrogen) atoms. The first-order chi connectivity index (χ1) is 13.0. The third kappa shape index (κ3) is 4.78. The smallest absolute Gasteiger partial charge is 0.258 e. The fourth-order valence-corrected chi connectivity index (χ4v) is 4.64. The summed E-state index contributed by atoms with van der Waals surface area (Å²) in [6.07, 6.45) is 1.28. The molecule has 3 rings (SSSR count). The molecule has 0 unspecified atom stereocenters. The van der Waals surface area contributed by atoms with Gasteiger partial charge in [-0.2, -0.15) is 11.8 Å². The van der Waals surface area contributed by atoms with Crippen LogP contribution in [0.25, 0.3) is 4.96 Å². The van der Waals surface area contributed by atoms with E-state index in [0.29, 0.717) is 12.2 Å². The number of carbonyl (C=O) groups is 1. The van der Waals surface area contributed by atoms with Crippen LogP contribution in [0.4, 0.5) is 5.69 Å². The van der Waals surface area contributed by atoms with Crippen LogP contribution in [0.15, 0.2) is 34.4 Å². The lowest BCUT2D eigenvalue weighted by Gasteiger charge is -2.11. The van der Waals surface area contributed by atoms with Crippen molar-refractivity contribution in [3.8, 4) is 0 Å². The average molecular weight is 402 g/mol. The summed E-state index contributed by atoms with van der Waals surface area (Å²) in [5, 5.41) is 4.95. The molecule has 7 heteroatoms. The van der Waals surface area contributed by atoms with Gasteiger partial charge in [-0.1, -0.05) is 18.2 Å². The zero-order valence-corrected chi connectivity index (χ0v) is 17.4. The molecule has 2 heterocycles. The number of hydrogen-bond donors (Lipinski definition) is 1. The Kier molecular flexibility index (Phi) is 6.34. The first kappa shape index (κ1) is 19.6. The van der Waals surface area contributed by atoms with Gasteiger partial charge in [0.25, 0.3) is 5.56 Å². The van der Waals surface area contributed by atoms with Gasteiger partial charge in [0.15, 0.2) is 4.96 Å². The number of anilines is 1. The highest BCUT2D eigenvalue weighted by atomic mass is 32.2.